The highest BCUT2D eigenvalue weighted by Gasteiger charge is 2.21. The Hall–Kier alpha value is -1.00. The molecule has 1 aromatic rings. The van der Waals surface area contributed by atoms with Crippen LogP contribution in [0, 0.1) is 0 Å². The normalized spacial score (nSPS) is 21.1. The van der Waals surface area contributed by atoms with Gasteiger partial charge in [-0.25, -0.2) is 9.97 Å². The van der Waals surface area contributed by atoms with Gasteiger partial charge in [-0.05, 0) is 25.6 Å². The molecule has 1 unspecified atom stereocenters. The van der Waals surface area contributed by atoms with Crippen LogP contribution in [0.1, 0.15) is 19.0 Å². The lowest BCUT2D eigenvalue weighted by molar-refractivity contribution is 0.208. The molecule has 0 saturated carbocycles. The van der Waals surface area contributed by atoms with Crippen molar-refractivity contribution in [2.75, 3.05) is 19.6 Å². The van der Waals surface area contributed by atoms with E-state index in [9.17, 15) is 0 Å². The molecule has 2 rings (SSSR count). The molecule has 1 aliphatic rings. The van der Waals surface area contributed by atoms with Gasteiger partial charge in [0.1, 0.15) is 6.33 Å². The molecule has 4 heteroatoms. The van der Waals surface area contributed by atoms with Gasteiger partial charge >= 0.3 is 0 Å². The van der Waals surface area contributed by atoms with Crippen LogP contribution in [0.4, 0.5) is 0 Å². The van der Waals surface area contributed by atoms with E-state index in [4.69, 9.17) is 0 Å². The van der Waals surface area contributed by atoms with E-state index in [0.717, 1.165) is 31.9 Å². The first-order chi connectivity index (χ1) is 7.40. The summed E-state index contributed by atoms with van der Waals surface area (Å²) in [5.74, 6) is 0. The van der Waals surface area contributed by atoms with Gasteiger partial charge in [0.05, 0.1) is 5.69 Å². The molecule has 0 amide bonds. The van der Waals surface area contributed by atoms with E-state index >= 15 is 0 Å². The highest BCUT2D eigenvalue weighted by atomic mass is 15.2. The highest BCUT2D eigenvalue weighted by molar-refractivity contribution is 4.98. The number of nitrogens with zero attached hydrogens (tertiary/aromatic N) is 3. The van der Waals surface area contributed by atoms with Gasteiger partial charge in [0, 0.05) is 25.3 Å². The Morgan fingerprint density at radius 3 is 3.13 bits per heavy atom. The van der Waals surface area contributed by atoms with Gasteiger partial charge in [-0.1, -0.05) is 6.92 Å². The van der Waals surface area contributed by atoms with E-state index in [2.05, 4.69) is 27.1 Å². The number of nitrogens with one attached hydrogen (secondary N) is 1. The van der Waals surface area contributed by atoms with Gasteiger partial charge < -0.3 is 5.32 Å². The predicted molar refractivity (Wildman–Crippen MR) is 59.4 cm³/mol. The van der Waals surface area contributed by atoms with E-state index in [1.54, 1.807) is 6.33 Å². The fourth-order valence-corrected chi connectivity index (χ4v) is 2.07. The second-order valence-corrected chi connectivity index (χ2v) is 3.91. The van der Waals surface area contributed by atoms with E-state index in [1.165, 1.54) is 6.42 Å². The van der Waals surface area contributed by atoms with Gasteiger partial charge in [-0.15, -0.1) is 0 Å². The van der Waals surface area contributed by atoms with Crippen molar-refractivity contribution in [2.24, 2.45) is 0 Å². The van der Waals surface area contributed by atoms with Crippen LogP contribution in [0.2, 0.25) is 0 Å². The molecule has 0 radical (unpaired) electrons. The van der Waals surface area contributed by atoms with Crippen LogP contribution in [0.25, 0.3) is 0 Å². The first-order valence-corrected chi connectivity index (χ1v) is 5.60. The molecule has 1 aromatic heterocycles. The quantitative estimate of drug-likeness (QED) is 0.786. The standard InChI is InChI=1S/C11H18N4/c1-2-15(11-4-6-12-7-11)8-10-3-5-13-9-14-10/h3,5,9,11-12H,2,4,6-8H2,1H3. The molecule has 4 nitrogen and oxygen atoms in total. The van der Waals surface area contributed by atoms with Crippen molar-refractivity contribution in [3.63, 3.8) is 0 Å². The minimum atomic E-state index is 0.671. The van der Waals surface area contributed by atoms with Gasteiger partial charge in [-0.3, -0.25) is 4.90 Å². The molecule has 1 aliphatic heterocycles. The van der Waals surface area contributed by atoms with E-state index < -0.39 is 0 Å². The smallest absolute Gasteiger partial charge is 0.115 e. The van der Waals surface area contributed by atoms with Gasteiger partial charge in [-0.2, -0.15) is 0 Å². The van der Waals surface area contributed by atoms with Crippen molar-refractivity contribution in [3.8, 4) is 0 Å². The summed E-state index contributed by atoms with van der Waals surface area (Å²) >= 11 is 0. The molecule has 1 saturated heterocycles. The van der Waals surface area contributed by atoms with E-state index in [0.29, 0.717) is 6.04 Å². The summed E-state index contributed by atoms with van der Waals surface area (Å²) in [5, 5.41) is 3.40. The number of hydrogen-bond acceptors (Lipinski definition) is 4. The Bertz CT molecular complexity index is 282. The Morgan fingerprint density at radius 1 is 1.60 bits per heavy atom. The van der Waals surface area contributed by atoms with Gasteiger partial charge in [0.25, 0.3) is 0 Å². The summed E-state index contributed by atoms with van der Waals surface area (Å²) in [7, 11) is 0. The summed E-state index contributed by atoms with van der Waals surface area (Å²) in [5.41, 5.74) is 1.11. The second kappa shape index (κ2) is 5.19. The summed E-state index contributed by atoms with van der Waals surface area (Å²) in [4.78, 5) is 10.7. The second-order valence-electron chi connectivity index (χ2n) is 3.91. The van der Waals surface area contributed by atoms with Crippen LogP contribution in [0.5, 0.6) is 0 Å². The Balaban J connectivity index is 1.96. The zero-order valence-corrected chi connectivity index (χ0v) is 9.19. The number of aromatic nitrogens is 2. The fourth-order valence-electron chi connectivity index (χ4n) is 2.07. The zero-order chi connectivity index (χ0) is 10.5. The molecular weight excluding hydrogens is 188 g/mol. The maximum absolute atomic E-state index is 4.26. The van der Waals surface area contributed by atoms with Crippen LogP contribution in [0.15, 0.2) is 18.6 Å². The van der Waals surface area contributed by atoms with E-state index in [-0.39, 0.29) is 0 Å². The van der Waals surface area contributed by atoms with Crippen molar-refractivity contribution >= 4 is 0 Å². The molecule has 2 heterocycles. The predicted octanol–water partition coefficient (Wildman–Crippen LogP) is 0.660. The largest absolute Gasteiger partial charge is 0.315 e. The highest BCUT2D eigenvalue weighted by Crippen LogP contribution is 2.11. The molecule has 0 aliphatic carbocycles. The molecular formula is C11H18N4. The number of rotatable bonds is 4. The molecule has 0 bridgehead atoms. The molecule has 0 spiro atoms. The molecule has 1 N–H and O–H groups in total. The van der Waals surface area contributed by atoms with E-state index in [1.807, 2.05) is 12.3 Å². The molecule has 82 valence electrons. The zero-order valence-electron chi connectivity index (χ0n) is 9.19. The first-order valence-electron chi connectivity index (χ1n) is 5.60. The van der Waals surface area contributed by atoms with Crippen LogP contribution in [-0.2, 0) is 6.54 Å². The monoisotopic (exact) mass is 206 g/mol. The lowest BCUT2D eigenvalue weighted by Crippen LogP contribution is -2.36. The Kier molecular flexibility index (Phi) is 3.64. The van der Waals surface area contributed by atoms with Gasteiger partial charge in [0.2, 0.25) is 0 Å². The third kappa shape index (κ3) is 2.73. The van der Waals surface area contributed by atoms with Crippen molar-refractivity contribution in [3.05, 3.63) is 24.3 Å². The van der Waals surface area contributed by atoms with Crippen molar-refractivity contribution in [1.29, 1.82) is 0 Å². The van der Waals surface area contributed by atoms with Crippen LogP contribution < -0.4 is 5.32 Å². The Labute approximate surface area is 90.7 Å². The van der Waals surface area contributed by atoms with Crippen LogP contribution >= 0.6 is 0 Å². The minimum absolute atomic E-state index is 0.671. The maximum Gasteiger partial charge on any atom is 0.115 e. The average molecular weight is 206 g/mol. The third-order valence-electron chi connectivity index (χ3n) is 2.97. The molecule has 1 fully saturated rings. The van der Waals surface area contributed by atoms with Crippen molar-refractivity contribution in [2.45, 2.75) is 25.9 Å². The lowest BCUT2D eigenvalue weighted by atomic mass is 10.2. The summed E-state index contributed by atoms with van der Waals surface area (Å²) in [6.45, 7) is 6.48. The fraction of sp³-hybridized carbons (Fsp3) is 0.636. The summed E-state index contributed by atoms with van der Waals surface area (Å²) in [6.07, 6.45) is 4.68. The van der Waals surface area contributed by atoms with Gasteiger partial charge in [0.15, 0.2) is 0 Å². The molecule has 1 atom stereocenters. The van der Waals surface area contributed by atoms with Crippen molar-refractivity contribution < 1.29 is 0 Å². The topological polar surface area (TPSA) is 41.1 Å². The number of likely N-dealkylation sites (N-methyl/N-ethyl adjacent to an activating group) is 1. The summed E-state index contributed by atoms with van der Waals surface area (Å²) in [6, 6.07) is 2.66. The first kappa shape index (κ1) is 10.5. The minimum Gasteiger partial charge on any atom is -0.315 e. The lowest BCUT2D eigenvalue weighted by Gasteiger charge is -2.26. The maximum atomic E-state index is 4.26. The SMILES string of the molecule is CCN(Cc1ccncn1)C1CCNC1. The Morgan fingerprint density at radius 2 is 2.53 bits per heavy atom. The molecule has 15 heavy (non-hydrogen) atoms. The van der Waals surface area contributed by atoms with Crippen molar-refractivity contribution in [1.82, 2.24) is 20.2 Å². The van der Waals surface area contributed by atoms with Crippen LogP contribution in [0.3, 0.4) is 0 Å². The summed E-state index contributed by atoms with van der Waals surface area (Å²) < 4.78 is 0. The molecule has 0 aromatic carbocycles. The number of hydrogen-bond donors (Lipinski definition) is 1. The average Bonchev–Trinajstić information content (AvgIpc) is 2.81. The van der Waals surface area contributed by atoms with Crippen LogP contribution in [-0.4, -0.2) is 40.5 Å². The third-order valence-corrected chi connectivity index (χ3v) is 2.97.